The van der Waals surface area contributed by atoms with Crippen LogP contribution in [0.5, 0.6) is 0 Å². The zero-order chi connectivity index (χ0) is 18.1. The predicted octanol–water partition coefficient (Wildman–Crippen LogP) is 3.89. The molecule has 0 amide bonds. The van der Waals surface area contributed by atoms with E-state index in [1.807, 2.05) is 20.8 Å². The second-order valence-electron chi connectivity index (χ2n) is 6.20. The molecule has 134 valence electrons. The summed E-state index contributed by atoms with van der Waals surface area (Å²) in [6, 6.07) is 0.991. The van der Waals surface area contributed by atoms with Crippen molar-refractivity contribution in [2.24, 2.45) is 0 Å². The fourth-order valence-corrected chi connectivity index (χ4v) is 3.36. The molecule has 2 heterocycles. The molecule has 1 fully saturated rings. The van der Waals surface area contributed by atoms with Gasteiger partial charge in [0.25, 0.3) is 5.92 Å². The minimum absolute atomic E-state index is 0.126. The Balaban J connectivity index is 2.54. The summed E-state index contributed by atoms with van der Waals surface area (Å²) in [4.78, 5) is 16.2. The van der Waals surface area contributed by atoms with Gasteiger partial charge in [-0.05, 0) is 35.7 Å². The molecular formula is C16H23F2N3O3. The SMILES string of the molecule is CCC1(CC)OCCN(c2cc(C(C)(F)F)cnc2[N+](=O)[O-])C1C. The average Bonchev–Trinajstić information content (AvgIpc) is 2.54. The second-order valence-corrected chi connectivity index (χ2v) is 6.20. The zero-order valence-corrected chi connectivity index (χ0v) is 14.4. The Hall–Kier alpha value is -1.83. The van der Waals surface area contributed by atoms with Crippen molar-refractivity contribution >= 4 is 11.5 Å². The molecule has 1 aliphatic rings. The highest BCUT2D eigenvalue weighted by Gasteiger charge is 2.43. The lowest BCUT2D eigenvalue weighted by molar-refractivity contribution is -0.388. The van der Waals surface area contributed by atoms with Crippen LogP contribution in [0.4, 0.5) is 20.3 Å². The van der Waals surface area contributed by atoms with Crippen LogP contribution in [-0.4, -0.2) is 34.7 Å². The molecule has 0 N–H and O–H groups in total. The van der Waals surface area contributed by atoms with E-state index in [9.17, 15) is 18.9 Å². The van der Waals surface area contributed by atoms with Crippen LogP contribution in [0.3, 0.4) is 0 Å². The van der Waals surface area contributed by atoms with E-state index < -0.39 is 22.3 Å². The zero-order valence-electron chi connectivity index (χ0n) is 14.4. The summed E-state index contributed by atoms with van der Waals surface area (Å²) in [7, 11) is 0. The van der Waals surface area contributed by atoms with Gasteiger partial charge in [0, 0.05) is 13.5 Å². The van der Waals surface area contributed by atoms with Crippen LogP contribution in [-0.2, 0) is 10.7 Å². The Bertz CT molecular complexity index is 615. The van der Waals surface area contributed by atoms with Gasteiger partial charge in [-0.15, -0.1) is 0 Å². The van der Waals surface area contributed by atoms with Crippen LogP contribution in [0.1, 0.15) is 46.1 Å². The van der Waals surface area contributed by atoms with Crippen LogP contribution >= 0.6 is 0 Å². The molecule has 1 aromatic heterocycles. The van der Waals surface area contributed by atoms with E-state index in [4.69, 9.17) is 4.74 Å². The maximum absolute atomic E-state index is 13.7. The number of hydrogen-bond donors (Lipinski definition) is 0. The number of pyridine rings is 1. The Morgan fingerprint density at radius 1 is 1.50 bits per heavy atom. The normalized spacial score (nSPS) is 20.9. The molecule has 6 nitrogen and oxygen atoms in total. The van der Waals surface area contributed by atoms with Gasteiger partial charge in [0.2, 0.25) is 0 Å². The quantitative estimate of drug-likeness (QED) is 0.599. The van der Waals surface area contributed by atoms with Crippen molar-refractivity contribution in [2.45, 2.75) is 58.1 Å². The molecule has 1 saturated heterocycles. The largest absolute Gasteiger partial charge is 0.387 e. The summed E-state index contributed by atoms with van der Waals surface area (Å²) in [5.41, 5.74) is -0.668. The van der Waals surface area contributed by atoms with Gasteiger partial charge in [-0.1, -0.05) is 13.8 Å². The molecule has 0 spiro atoms. The third-order valence-electron chi connectivity index (χ3n) is 4.98. The van der Waals surface area contributed by atoms with Crippen molar-refractivity contribution in [1.29, 1.82) is 0 Å². The molecule has 24 heavy (non-hydrogen) atoms. The lowest BCUT2D eigenvalue weighted by atomic mass is 9.86. The second kappa shape index (κ2) is 6.58. The van der Waals surface area contributed by atoms with Crippen LogP contribution in [0.15, 0.2) is 12.3 Å². The van der Waals surface area contributed by atoms with E-state index in [1.165, 1.54) is 6.07 Å². The molecule has 1 aromatic rings. The first-order valence-corrected chi connectivity index (χ1v) is 8.09. The molecule has 0 radical (unpaired) electrons. The molecule has 2 rings (SSSR count). The first-order chi connectivity index (χ1) is 11.2. The van der Waals surface area contributed by atoms with Crippen molar-refractivity contribution < 1.29 is 18.4 Å². The highest BCUT2D eigenvalue weighted by atomic mass is 19.3. The van der Waals surface area contributed by atoms with E-state index in [-0.39, 0.29) is 17.3 Å². The van der Waals surface area contributed by atoms with Gasteiger partial charge >= 0.3 is 5.82 Å². The van der Waals surface area contributed by atoms with E-state index in [2.05, 4.69) is 4.98 Å². The molecule has 1 atom stereocenters. The average molecular weight is 343 g/mol. The monoisotopic (exact) mass is 343 g/mol. The van der Waals surface area contributed by atoms with Crippen LogP contribution in [0.2, 0.25) is 0 Å². The fourth-order valence-electron chi connectivity index (χ4n) is 3.36. The highest BCUT2D eigenvalue weighted by Crippen LogP contribution is 2.39. The van der Waals surface area contributed by atoms with Gasteiger partial charge in [-0.2, -0.15) is 0 Å². The van der Waals surface area contributed by atoms with Crippen LogP contribution < -0.4 is 4.90 Å². The third-order valence-corrected chi connectivity index (χ3v) is 4.98. The van der Waals surface area contributed by atoms with Gasteiger partial charge in [-0.25, -0.2) is 8.78 Å². The summed E-state index contributed by atoms with van der Waals surface area (Å²) in [6.07, 6.45) is 2.33. The number of ether oxygens (including phenoxy) is 1. The van der Waals surface area contributed by atoms with Crippen molar-refractivity contribution in [1.82, 2.24) is 4.98 Å². The maximum atomic E-state index is 13.7. The van der Waals surface area contributed by atoms with E-state index in [0.717, 1.165) is 26.0 Å². The number of hydrogen-bond acceptors (Lipinski definition) is 5. The smallest absolute Gasteiger partial charge is 0.371 e. The van der Waals surface area contributed by atoms with Gasteiger partial charge in [0.15, 0.2) is 0 Å². The summed E-state index contributed by atoms with van der Waals surface area (Å²) in [6.45, 7) is 7.43. The molecule has 0 aliphatic carbocycles. The number of alkyl halides is 2. The van der Waals surface area contributed by atoms with Crippen LogP contribution in [0.25, 0.3) is 0 Å². The van der Waals surface area contributed by atoms with Crippen molar-refractivity contribution in [3.8, 4) is 0 Å². The maximum Gasteiger partial charge on any atom is 0.387 e. The van der Waals surface area contributed by atoms with Gasteiger partial charge in [0.1, 0.15) is 11.9 Å². The third kappa shape index (κ3) is 3.19. The number of nitro groups is 1. The Kier molecular flexibility index (Phi) is 5.08. The summed E-state index contributed by atoms with van der Waals surface area (Å²) >= 11 is 0. The summed E-state index contributed by atoms with van der Waals surface area (Å²) < 4.78 is 33.3. The number of halogens is 2. The number of rotatable bonds is 5. The predicted molar refractivity (Wildman–Crippen MR) is 86.5 cm³/mol. The minimum Gasteiger partial charge on any atom is -0.371 e. The molecule has 8 heteroatoms. The molecule has 0 saturated carbocycles. The number of morpholine rings is 1. The lowest BCUT2D eigenvalue weighted by Gasteiger charge is -2.48. The first-order valence-electron chi connectivity index (χ1n) is 8.09. The topological polar surface area (TPSA) is 68.5 Å². The molecule has 0 bridgehead atoms. The summed E-state index contributed by atoms with van der Waals surface area (Å²) in [5, 5.41) is 11.3. The number of nitrogens with zero attached hydrogens (tertiary/aromatic N) is 3. The van der Waals surface area contributed by atoms with E-state index in [0.29, 0.717) is 13.2 Å². The van der Waals surface area contributed by atoms with E-state index >= 15 is 0 Å². The Labute approximate surface area is 140 Å². The number of anilines is 1. The van der Waals surface area contributed by atoms with Crippen molar-refractivity contribution in [2.75, 3.05) is 18.1 Å². The highest BCUT2D eigenvalue weighted by molar-refractivity contribution is 5.62. The van der Waals surface area contributed by atoms with Crippen molar-refractivity contribution in [3.63, 3.8) is 0 Å². The molecular weight excluding hydrogens is 320 g/mol. The minimum atomic E-state index is -3.11. The van der Waals surface area contributed by atoms with Crippen molar-refractivity contribution in [3.05, 3.63) is 27.9 Å². The standard InChI is InChI=1S/C16H23F2N3O3/c1-5-16(6-2)11(3)20(7-8-24-16)13-9-12(15(4,17)18)10-19-14(13)21(22)23/h9-11H,5-8H2,1-4H3. The van der Waals surface area contributed by atoms with Gasteiger partial charge in [-0.3, -0.25) is 0 Å². The fraction of sp³-hybridized carbons (Fsp3) is 0.688. The lowest BCUT2D eigenvalue weighted by Crippen LogP contribution is -2.58. The number of aromatic nitrogens is 1. The molecule has 1 unspecified atom stereocenters. The Morgan fingerprint density at radius 3 is 2.62 bits per heavy atom. The van der Waals surface area contributed by atoms with Gasteiger partial charge in [0.05, 0.1) is 23.8 Å². The first kappa shape index (κ1) is 18.5. The van der Waals surface area contributed by atoms with E-state index in [1.54, 1.807) is 4.90 Å². The Morgan fingerprint density at radius 2 is 2.12 bits per heavy atom. The summed E-state index contributed by atoms with van der Waals surface area (Å²) in [5.74, 6) is -3.52. The van der Waals surface area contributed by atoms with Crippen LogP contribution in [0, 0.1) is 10.1 Å². The molecule has 1 aliphatic heterocycles. The molecule has 0 aromatic carbocycles. The van der Waals surface area contributed by atoms with Gasteiger partial charge < -0.3 is 19.8 Å².